The zero-order valence-corrected chi connectivity index (χ0v) is 15.2. The number of pyridine rings is 1. The van der Waals surface area contributed by atoms with Gasteiger partial charge in [-0.3, -0.25) is 4.79 Å². The monoisotopic (exact) mass is 404 g/mol. The molecule has 2 heterocycles. The van der Waals surface area contributed by atoms with Crippen molar-refractivity contribution in [2.24, 2.45) is 5.92 Å². The number of amides is 1. The molecule has 11 heteroatoms. The van der Waals surface area contributed by atoms with E-state index in [1.165, 1.54) is 0 Å². The summed E-state index contributed by atoms with van der Waals surface area (Å²) in [5.74, 6) is -0.0818. The number of rotatable bonds is 6. The van der Waals surface area contributed by atoms with Crippen molar-refractivity contribution in [1.82, 2.24) is 20.4 Å². The predicted octanol–water partition coefficient (Wildman–Crippen LogP) is 3.42. The molecule has 0 aromatic carbocycles. The van der Waals surface area contributed by atoms with Gasteiger partial charge in [0.05, 0.1) is 6.20 Å². The molecule has 1 amide bonds. The van der Waals surface area contributed by atoms with Gasteiger partial charge in [-0.1, -0.05) is 16.8 Å². The van der Waals surface area contributed by atoms with Gasteiger partial charge >= 0.3 is 6.18 Å². The van der Waals surface area contributed by atoms with Crippen molar-refractivity contribution in [3.05, 3.63) is 34.7 Å². The summed E-state index contributed by atoms with van der Waals surface area (Å²) in [6, 6.07) is 1.07. The van der Waals surface area contributed by atoms with E-state index < -0.39 is 24.2 Å². The van der Waals surface area contributed by atoms with E-state index in [1.807, 2.05) is 0 Å². The van der Waals surface area contributed by atoms with E-state index in [1.54, 1.807) is 13.8 Å². The fraction of sp³-hybridized carbons (Fsp3) is 0.500. The molecule has 0 spiro atoms. The second-order valence-corrected chi connectivity index (χ2v) is 6.88. The van der Waals surface area contributed by atoms with Gasteiger partial charge in [-0.05, 0) is 25.7 Å². The molecule has 0 saturated heterocycles. The number of ether oxygens (including phenoxy) is 1. The van der Waals surface area contributed by atoms with Gasteiger partial charge in [-0.2, -0.15) is 18.2 Å². The van der Waals surface area contributed by atoms with Crippen molar-refractivity contribution in [1.29, 1.82) is 0 Å². The largest absolute Gasteiger partial charge is 0.482 e. The lowest BCUT2D eigenvalue weighted by molar-refractivity contribution is -0.153. The minimum Gasteiger partial charge on any atom is -0.482 e. The Morgan fingerprint density at radius 1 is 1.44 bits per heavy atom. The smallest absolute Gasteiger partial charge is 0.422 e. The highest BCUT2D eigenvalue weighted by Crippen LogP contribution is 2.44. The summed E-state index contributed by atoms with van der Waals surface area (Å²) < 4.78 is 46.7. The van der Waals surface area contributed by atoms with Gasteiger partial charge in [-0.25, -0.2) is 4.98 Å². The molecule has 2 aromatic heterocycles. The van der Waals surface area contributed by atoms with E-state index in [0.717, 1.165) is 25.1 Å². The van der Waals surface area contributed by atoms with Crippen LogP contribution in [0.25, 0.3) is 0 Å². The Balaban J connectivity index is 1.80. The van der Waals surface area contributed by atoms with Crippen LogP contribution in [0, 0.1) is 12.8 Å². The molecular weight excluding hydrogens is 389 g/mol. The fourth-order valence-corrected chi connectivity index (χ4v) is 2.78. The molecule has 7 nitrogen and oxygen atoms in total. The predicted molar refractivity (Wildman–Crippen MR) is 87.4 cm³/mol. The molecule has 1 fully saturated rings. The lowest BCUT2D eigenvalue weighted by Gasteiger charge is -2.27. The number of aromatic nitrogens is 3. The molecule has 0 bridgehead atoms. The van der Waals surface area contributed by atoms with Crippen molar-refractivity contribution >= 4 is 17.5 Å². The van der Waals surface area contributed by atoms with Gasteiger partial charge in [0.15, 0.2) is 12.4 Å². The Bertz CT molecular complexity index is 854. The third kappa shape index (κ3) is 4.49. The summed E-state index contributed by atoms with van der Waals surface area (Å²) in [5, 5.41) is 6.57. The molecule has 0 radical (unpaired) electrons. The molecule has 27 heavy (non-hydrogen) atoms. The summed E-state index contributed by atoms with van der Waals surface area (Å²) in [6.45, 7) is 1.88. The summed E-state index contributed by atoms with van der Waals surface area (Å²) in [7, 11) is 0. The van der Waals surface area contributed by atoms with Gasteiger partial charge in [-0.15, -0.1) is 0 Å². The lowest BCUT2D eigenvalue weighted by atomic mass is 9.94. The first-order chi connectivity index (χ1) is 12.6. The highest BCUT2D eigenvalue weighted by Gasteiger charge is 2.47. The zero-order chi connectivity index (χ0) is 19.8. The Labute approximate surface area is 157 Å². The van der Waals surface area contributed by atoms with Gasteiger partial charge in [0.2, 0.25) is 5.89 Å². The topological polar surface area (TPSA) is 90.1 Å². The molecule has 146 valence electrons. The summed E-state index contributed by atoms with van der Waals surface area (Å²) in [6.07, 6.45) is -1.72. The number of halogens is 4. The Morgan fingerprint density at radius 3 is 2.70 bits per heavy atom. The normalized spacial score (nSPS) is 16.7. The third-order valence-electron chi connectivity index (χ3n) is 4.20. The van der Waals surface area contributed by atoms with E-state index in [2.05, 4.69) is 25.2 Å². The number of aryl methyl sites for hydroxylation is 1. The van der Waals surface area contributed by atoms with E-state index in [0.29, 0.717) is 11.7 Å². The maximum atomic E-state index is 12.7. The van der Waals surface area contributed by atoms with Crippen LogP contribution in [0.4, 0.5) is 13.2 Å². The first kappa shape index (κ1) is 19.4. The van der Waals surface area contributed by atoms with Crippen molar-refractivity contribution < 1.29 is 27.2 Å². The van der Waals surface area contributed by atoms with E-state index in [4.69, 9.17) is 16.1 Å². The summed E-state index contributed by atoms with van der Waals surface area (Å²) in [4.78, 5) is 20.7. The van der Waals surface area contributed by atoms with Crippen LogP contribution in [0.3, 0.4) is 0 Å². The van der Waals surface area contributed by atoms with Crippen molar-refractivity contribution in [3.63, 3.8) is 0 Å². The number of carbonyl (C=O) groups is 1. The second-order valence-electron chi connectivity index (χ2n) is 6.47. The molecule has 0 aliphatic heterocycles. The molecule has 2 aromatic rings. The van der Waals surface area contributed by atoms with Crippen LogP contribution < -0.4 is 10.1 Å². The van der Waals surface area contributed by atoms with Crippen LogP contribution >= 0.6 is 11.6 Å². The highest BCUT2D eigenvalue weighted by molar-refractivity contribution is 6.32. The number of nitrogens with one attached hydrogen (secondary N) is 1. The molecule has 0 unspecified atom stereocenters. The molecule has 1 aliphatic carbocycles. The van der Waals surface area contributed by atoms with Crippen LogP contribution in [0.15, 0.2) is 16.8 Å². The Kier molecular flexibility index (Phi) is 5.02. The number of carbonyl (C=O) groups excluding carboxylic acids is 1. The molecule has 1 saturated carbocycles. The van der Waals surface area contributed by atoms with Gasteiger partial charge in [0.25, 0.3) is 5.91 Å². The molecule has 3 rings (SSSR count). The summed E-state index contributed by atoms with van der Waals surface area (Å²) >= 11 is 5.80. The van der Waals surface area contributed by atoms with Crippen molar-refractivity contribution in [2.75, 3.05) is 6.61 Å². The van der Waals surface area contributed by atoms with Crippen LogP contribution in [0.5, 0.6) is 5.75 Å². The second kappa shape index (κ2) is 6.99. The van der Waals surface area contributed by atoms with Crippen LogP contribution in [-0.2, 0) is 5.54 Å². The van der Waals surface area contributed by atoms with E-state index in [-0.39, 0.29) is 22.4 Å². The number of hydrogen-bond donors (Lipinski definition) is 1. The van der Waals surface area contributed by atoms with E-state index in [9.17, 15) is 18.0 Å². The summed E-state index contributed by atoms with van der Waals surface area (Å²) in [5.41, 5.74) is -1.02. The Morgan fingerprint density at radius 2 is 2.15 bits per heavy atom. The molecule has 1 atom stereocenters. The number of hydrogen-bond acceptors (Lipinski definition) is 6. The molecule has 1 N–H and O–H groups in total. The van der Waals surface area contributed by atoms with Gasteiger partial charge in [0, 0.05) is 13.0 Å². The number of alkyl halides is 3. The number of nitrogens with zero attached hydrogens (tertiary/aromatic N) is 3. The average molecular weight is 405 g/mol. The van der Waals surface area contributed by atoms with Gasteiger partial charge in [0.1, 0.15) is 22.0 Å². The van der Waals surface area contributed by atoms with E-state index >= 15 is 0 Å². The highest BCUT2D eigenvalue weighted by atomic mass is 35.5. The minimum atomic E-state index is -4.53. The van der Waals surface area contributed by atoms with Crippen molar-refractivity contribution in [3.8, 4) is 5.75 Å². The SMILES string of the molecule is Cc1nc([C@@](C)(NC(=O)c2cc(OCC(F)(F)F)c(Cl)cn2)C2CC2)no1. The minimum absolute atomic E-state index is 0.117. The maximum absolute atomic E-state index is 12.7. The standard InChI is InChI=1S/C16H16ClF3N4O3/c1-8-22-14(24-27-8)15(2,9-3-4-9)23-13(25)11-5-12(10(17)6-21-11)26-7-16(18,19)20/h5-6,9H,3-4,7H2,1-2H3,(H,23,25)/t15-/m0/s1. The molecule has 1 aliphatic rings. The zero-order valence-electron chi connectivity index (χ0n) is 14.4. The van der Waals surface area contributed by atoms with Gasteiger partial charge < -0.3 is 14.6 Å². The maximum Gasteiger partial charge on any atom is 0.422 e. The third-order valence-corrected chi connectivity index (χ3v) is 4.49. The average Bonchev–Trinajstić information content (AvgIpc) is 3.35. The van der Waals surface area contributed by atoms with Crippen LogP contribution in [0.1, 0.15) is 42.0 Å². The first-order valence-electron chi connectivity index (χ1n) is 8.07. The van der Waals surface area contributed by atoms with Crippen molar-refractivity contribution in [2.45, 2.75) is 38.4 Å². The quantitative estimate of drug-likeness (QED) is 0.793. The molecular formula is C16H16ClF3N4O3. The lowest BCUT2D eigenvalue weighted by Crippen LogP contribution is -2.46. The van der Waals surface area contributed by atoms with Crippen LogP contribution in [0.2, 0.25) is 5.02 Å². The first-order valence-corrected chi connectivity index (χ1v) is 8.44. The van der Waals surface area contributed by atoms with Crippen LogP contribution in [-0.4, -0.2) is 33.8 Å². The fourth-order valence-electron chi connectivity index (χ4n) is 2.63. The Hall–Kier alpha value is -2.36.